The summed E-state index contributed by atoms with van der Waals surface area (Å²) in [5.41, 5.74) is 1.91. The topological polar surface area (TPSA) is 61.4 Å². The maximum Gasteiger partial charge on any atom is 0.238 e. The predicted octanol–water partition coefficient (Wildman–Crippen LogP) is 3.45. The molecule has 7 heteroatoms. The van der Waals surface area contributed by atoms with Crippen LogP contribution in [0.2, 0.25) is 0 Å². The van der Waals surface area contributed by atoms with Crippen molar-refractivity contribution < 1.29 is 4.79 Å². The van der Waals surface area contributed by atoms with Crippen molar-refractivity contribution in [2.45, 2.75) is 12.8 Å². The molecule has 3 aromatic rings. The van der Waals surface area contributed by atoms with E-state index in [1.54, 1.807) is 0 Å². The summed E-state index contributed by atoms with van der Waals surface area (Å²) in [6.07, 6.45) is 0. The maximum atomic E-state index is 13.2. The second kappa shape index (κ2) is 9.15. The minimum atomic E-state index is -0.391. The van der Waals surface area contributed by atoms with E-state index in [4.69, 9.17) is 0 Å². The van der Waals surface area contributed by atoms with Crippen LogP contribution in [0.5, 0.6) is 0 Å². The van der Waals surface area contributed by atoms with Crippen LogP contribution < -0.4 is 10.2 Å². The molecule has 4 rings (SSSR count). The molecule has 2 aromatic carbocycles. The SMILES string of the molecule is CCN1CCN(c2nnc(NC(=O)C(c3ccccc3)c3ccccc3)s2)CC1. The summed E-state index contributed by atoms with van der Waals surface area (Å²) in [4.78, 5) is 17.9. The summed E-state index contributed by atoms with van der Waals surface area (Å²) in [5, 5.41) is 12.9. The van der Waals surface area contributed by atoms with E-state index in [9.17, 15) is 4.79 Å². The number of carbonyl (C=O) groups excluding carboxylic acids is 1. The summed E-state index contributed by atoms with van der Waals surface area (Å²) in [7, 11) is 0. The van der Waals surface area contributed by atoms with Crippen LogP contribution in [-0.4, -0.2) is 53.7 Å². The maximum absolute atomic E-state index is 13.2. The molecule has 0 atom stereocenters. The summed E-state index contributed by atoms with van der Waals surface area (Å²) in [5.74, 6) is -0.487. The first kappa shape index (κ1) is 19.5. The molecule has 0 bridgehead atoms. The van der Waals surface area contributed by atoms with Crippen LogP contribution in [0.15, 0.2) is 60.7 Å². The van der Waals surface area contributed by atoms with Gasteiger partial charge in [-0.2, -0.15) is 0 Å². The number of aromatic nitrogens is 2. The minimum Gasteiger partial charge on any atom is -0.344 e. The van der Waals surface area contributed by atoms with Gasteiger partial charge >= 0.3 is 0 Å². The van der Waals surface area contributed by atoms with Gasteiger partial charge in [-0.3, -0.25) is 10.1 Å². The van der Waals surface area contributed by atoms with Gasteiger partial charge in [-0.05, 0) is 17.7 Å². The van der Waals surface area contributed by atoms with Crippen LogP contribution in [0.1, 0.15) is 24.0 Å². The monoisotopic (exact) mass is 407 g/mol. The Labute approximate surface area is 175 Å². The molecule has 1 fully saturated rings. The summed E-state index contributed by atoms with van der Waals surface area (Å²) in [6, 6.07) is 19.7. The zero-order chi connectivity index (χ0) is 20.1. The van der Waals surface area contributed by atoms with Crippen molar-refractivity contribution in [1.82, 2.24) is 15.1 Å². The van der Waals surface area contributed by atoms with Crippen molar-refractivity contribution in [3.05, 3.63) is 71.8 Å². The Morgan fingerprint density at radius 3 is 2.10 bits per heavy atom. The fourth-order valence-electron chi connectivity index (χ4n) is 3.61. The van der Waals surface area contributed by atoms with Crippen molar-refractivity contribution >= 4 is 27.5 Å². The first-order valence-corrected chi connectivity index (χ1v) is 10.8. The molecule has 6 nitrogen and oxygen atoms in total. The van der Waals surface area contributed by atoms with Gasteiger partial charge in [-0.1, -0.05) is 78.9 Å². The fourth-order valence-corrected chi connectivity index (χ4v) is 4.41. The van der Waals surface area contributed by atoms with Gasteiger partial charge in [0.15, 0.2) is 0 Å². The Bertz CT molecular complexity index is 883. The smallest absolute Gasteiger partial charge is 0.238 e. The molecule has 0 unspecified atom stereocenters. The number of piperazine rings is 1. The van der Waals surface area contributed by atoms with E-state index in [0.29, 0.717) is 5.13 Å². The van der Waals surface area contributed by atoms with Crippen LogP contribution in [-0.2, 0) is 4.79 Å². The van der Waals surface area contributed by atoms with Crippen LogP contribution in [0, 0.1) is 0 Å². The molecule has 1 amide bonds. The molecule has 0 saturated carbocycles. The van der Waals surface area contributed by atoms with E-state index in [0.717, 1.165) is 49.0 Å². The average molecular weight is 408 g/mol. The molecule has 0 spiro atoms. The zero-order valence-electron chi connectivity index (χ0n) is 16.5. The van der Waals surface area contributed by atoms with E-state index in [1.807, 2.05) is 60.7 Å². The highest BCUT2D eigenvalue weighted by molar-refractivity contribution is 7.19. The molecule has 0 radical (unpaired) electrons. The van der Waals surface area contributed by atoms with Crippen molar-refractivity contribution in [3.63, 3.8) is 0 Å². The summed E-state index contributed by atoms with van der Waals surface area (Å²) in [6.45, 7) is 7.19. The van der Waals surface area contributed by atoms with Crippen LogP contribution >= 0.6 is 11.3 Å². The van der Waals surface area contributed by atoms with Gasteiger partial charge in [0.2, 0.25) is 16.2 Å². The molecule has 150 valence electrons. The Morgan fingerprint density at radius 2 is 1.55 bits per heavy atom. The van der Waals surface area contributed by atoms with Gasteiger partial charge in [0, 0.05) is 26.2 Å². The third-order valence-corrected chi connectivity index (χ3v) is 6.16. The minimum absolute atomic E-state index is 0.0964. The van der Waals surface area contributed by atoms with Crippen molar-refractivity contribution in [2.75, 3.05) is 42.9 Å². The standard InChI is InChI=1S/C22H25N5OS/c1-2-26-13-15-27(16-14-26)22-25-24-21(29-22)23-20(28)19(17-9-5-3-6-10-17)18-11-7-4-8-12-18/h3-12,19H,2,13-16H2,1H3,(H,23,24,28). The van der Waals surface area contributed by atoms with E-state index in [1.165, 1.54) is 11.3 Å². The molecule has 1 N–H and O–H groups in total. The highest BCUT2D eigenvalue weighted by atomic mass is 32.1. The van der Waals surface area contributed by atoms with Gasteiger partial charge in [-0.15, -0.1) is 10.2 Å². The highest BCUT2D eigenvalue weighted by Gasteiger charge is 2.25. The number of hydrogen-bond donors (Lipinski definition) is 1. The Morgan fingerprint density at radius 1 is 0.966 bits per heavy atom. The first-order chi connectivity index (χ1) is 14.2. The number of nitrogens with one attached hydrogen (secondary N) is 1. The van der Waals surface area contributed by atoms with Crippen molar-refractivity contribution in [3.8, 4) is 0 Å². The third kappa shape index (κ3) is 4.63. The number of carbonyl (C=O) groups is 1. The Balaban J connectivity index is 1.49. The van der Waals surface area contributed by atoms with Gasteiger partial charge in [0.1, 0.15) is 0 Å². The molecule has 1 aromatic heterocycles. The fraction of sp³-hybridized carbons (Fsp3) is 0.318. The Kier molecular flexibility index (Phi) is 6.17. The van der Waals surface area contributed by atoms with E-state index >= 15 is 0 Å². The van der Waals surface area contributed by atoms with E-state index < -0.39 is 5.92 Å². The molecule has 1 aliphatic rings. The molecular formula is C22H25N5OS. The van der Waals surface area contributed by atoms with Crippen LogP contribution in [0.3, 0.4) is 0 Å². The predicted molar refractivity (Wildman–Crippen MR) is 118 cm³/mol. The van der Waals surface area contributed by atoms with Gasteiger partial charge in [-0.25, -0.2) is 0 Å². The number of likely N-dealkylation sites (N-methyl/N-ethyl adjacent to an activating group) is 1. The average Bonchev–Trinajstić information content (AvgIpc) is 3.24. The quantitative estimate of drug-likeness (QED) is 0.678. The number of amides is 1. The van der Waals surface area contributed by atoms with Gasteiger partial charge < -0.3 is 9.80 Å². The number of hydrogen-bond acceptors (Lipinski definition) is 6. The molecule has 1 aliphatic heterocycles. The van der Waals surface area contributed by atoms with Crippen LogP contribution in [0.25, 0.3) is 0 Å². The molecular weight excluding hydrogens is 382 g/mol. The molecule has 29 heavy (non-hydrogen) atoms. The second-order valence-corrected chi connectivity index (χ2v) is 8.01. The lowest BCUT2D eigenvalue weighted by Gasteiger charge is -2.33. The highest BCUT2D eigenvalue weighted by Crippen LogP contribution is 2.29. The van der Waals surface area contributed by atoms with Crippen molar-refractivity contribution in [1.29, 1.82) is 0 Å². The van der Waals surface area contributed by atoms with E-state index in [2.05, 4.69) is 32.2 Å². The van der Waals surface area contributed by atoms with Crippen molar-refractivity contribution in [2.24, 2.45) is 0 Å². The zero-order valence-corrected chi connectivity index (χ0v) is 17.3. The lowest BCUT2D eigenvalue weighted by molar-refractivity contribution is -0.116. The molecule has 0 aliphatic carbocycles. The largest absolute Gasteiger partial charge is 0.344 e. The van der Waals surface area contributed by atoms with Gasteiger partial charge in [0.25, 0.3) is 0 Å². The second-order valence-electron chi connectivity index (χ2n) is 7.05. The number of rotatable bonds is 6. The third-order valence-electron chi connectivity index (χ3n) is 5.26. The van der Waals surface area contributed by atoms with Crippen LogP contribution in [0.4, 0.5) is 10.3 Å². The first-order valence-electron chi connectivity index (χ1n) is 9.96. The number of benzene rings is 2. The lowest BCUT2D eigenvalue weighted by atomic mass is 9.90. The summed E-state index contributed by atoms with van der Waals surface area (Å²) >= 11 is 1.44. The molecule has 1 saturated heterocycles. The Hall–Kier alpha value is -2.77. The van der Waals surface area contributed by atoms with Gasteiger partial charge in [0.05, 0.1) is 5.92 Å². The van der Waals surface area contributed by atoms with E-state index in [-0.39, 0.29) is 5.91 Å². The number of nitrogens with zero attached hydrogens (tertiary/aromatic N) is 4. The normalized spacial score (nSPS) is 14.9. The number of anilines is 2. The summed E-state index contributed by atoms with van der Waals surface area (Å²) < 4.78 is 0. The molecule has 2 heterocycles. The lowest BCUT2D eigenvalue weighted by Crippen LogP contribution is -2.46.